The van der Waals surface area contributed by atoms with Crippen molar-refractivity contribution in [1.82, 2.24) is 20.2 Å². The van der Waals surface area contributed by atoms with Gasteiger partial charge in [0, 0.05) is 22.3 Å². The third kappa shape index (κ3) is 5.04. The van der Waals surface area contributed by atoms with Crippen LogP contribution < -0.4 is 10.6 Å². The summed E-state index contributed by atoms with van der Waals surface area (Å²) in [7, 11) is 0. The van der Waals surface area contributed by atoms with Gasteiger partial charge in [-0.15, -0.1) is 0 Å². The van der Waals surface area contributed by atoms with Gasteiger partial charge in [-0.2, -0.15) is 0 Å². The van der Waals surface area contributed by atoms with E-state index >= 15 is 0 Å². The van der Waals surface area contributed by atoms with E-state index in [1.54, 1.807) is 0 Å². The molecule has 0 unspecified atom stereocenters. The Bertz CT molecular complexity index is 2860. The predicted octanol–water partition coefficient (Wildman–Crippen LogP) is 12.1. The van der Waals surface area contributed by atoms with Gasteiger partial charge < -0.3 is 10.6 Å². The molecule has 14 rings (SSSR count). The summed E-state index contributed by atoms with van der Waals surface area (Å²) in [6, 6.07) is 73.8. The molecule has 0 fully saturated rings. The number of aromatic nitrogens is 2. The highest BCUT2D eigenvalue weighted by molar-refractivity contribution is 6.06. The Morgan fingerprint density at radius 1 is 0.375 bits per heavy atom. The molecule has 0 atom stereocenters. The van der Waals surface area contributed by atoms with Crippen molar-refractivity contribution in [2.45, 2.75) is 5.79 Å². The molecule has 0 aliphatic carbocycles. The summed E-state index contributed by atoms with van der Waals surface area (Å²) in [6.07, 6.45) is 0. The summed E-state index contributed by atoms with van der Waals surface area (Å²) in [5.41, 5.74) is 15.0. The second-order valence-electron chi connectivity index (χ2n) is 14.5. The van der Waals surface area contributed by atoms with E-state index < -0.39 is 5.79 Å². The number of hydrogen-bond acceptors (Lipinski definition) is 3. The Kier molecular flexibility index (Phi) is 7.36. The zero-order valence-electron chi connectivity index (χ0n) is 30.5. The predicted molar refractivity (Wildman–Crippen MR) is 230 cm³/mol. The van der Waals surface area contributed by atoms with Gasteiger partial charge in [0.1, 0.15) is 5.82 Å². The first-order chi connectivity index (χ1) is 27.7. The van der Waals surface area contributed by atoms with Gasteiger partial charge in [-0.1, -0.05) is 206 Å². The fraction of sp³-hybridized carbons (Fsp3) is 0.0192. The van der Waals surface area contributed by atoms with Gasteiger partial charge in [-0.05, 0) is 44.2 Å². The van der Waals surface area contributed by atoms with Crippen molar-refractivity contribution < 1.29 is 0 Å². The van der Waals surface area contributed by atoms with Crippen LogP contribution in [-0.2, 0) is 5.79 Å². The Morgan fingerprint density at radius 2 is 0.821 bits per heavy atom. The van der Waals surface area contributed by atoms with Gasteiger partial charge in [-0.3, -0.25) is 4.57 Å². The molecule has 1 aromatic heterocycles. The minimum absolute atomic E-state index is 0.843. The van der Waals surface area contributed by atoms with Crippen molar-refractivity contribution >= 4 is 22.2 Å². The third-order valence-corrected chi connectivity index (χ3v) is 11.3. The van der Waals surface area contributed by atoms with Crippen molar-refractivity contribution in [3.63, 3.8) is 0 Å². The molecule has 9 aromatic rings. The molecule has 6 heterocycles. The van der Waals surface area contributed by atoms with Crippen molar-refractivity contribution in [2.75, 3.05) is 0 Å². The van der Waals surface area contributed by atoms with Crippen LogP contribution in [-0.4, -0.2) is 9.55 Å². The van der Waals surface area contributed by atoms with Gasteiger partial charge in [0.25, 0.3) is 0 Å². The van der Waals surface area contributed by atoms with Crippen LogP contribution in [0.25, 0.3) is 78.3 Å². The molecule has 4 nitrogen and oxygen atoms in total. The van der Waals surface area contributed by atoms with Gasteiger partial charge >= 0.3 is 0 Å². The molecule has 1 spiro atoms. The molecule has 4 bridgehead atoms. The lowest BCUT2D eigenvalue weighted by Gasteiger charge is -2.37. The van der Waals surface area contributed by atoms with Crippen molar-refractivity contribution in [2.24, 2.45) is 0 Å². The first kappa shape index (κ1) is 32.0. The maximum atomic E-state index is 5.66. The molecule has 264 valence electrons. The van der Waals surface area contributed by atoms with Gasteiger partial charge in [0.15, 0.2) is 0 Å². The highest BCUT2D eigenvalue weighted by Crippen LogP contribution is 2.47. The van der Waals surface area contributed by atoms with Crippen LogP contribution in [0.5, 0.6) is 0 Å². The maximum absolute atomic E-state index is 5.66. The molecule has 0 saturated heterocycles. The lowest BCUT2D eigenvalue weighted by atomic mass is 9.90. The lowest BCUT2D eigenvalue weighted by Crippen LogP contribution is -2.53. The minimum atomic E-state index is -1.03. The smallest absolute Gasteiger partial charge is 0.220 e. The van der Waals surface area contributed by atoms with Crippen LogP contribution in [0.3, 0.4) is 0 Å². The van der Waals surface area contributed by atoms with Crippen molar-refractivity contribution in [3.8, 4) is 56.2 Å². The number of rotatable bonds is 4. The molecule has 2 N–H and O–H groups in total. The van der Waals surface area contributed by atoms with Crippen molar-refractivity contribution in [1.29, 1.82) is 0 Å². The second kappa shape index (κ2) is 12.9. The van der Waals surface area contributed by atoms with E-state index in [0.717, 1.165) is 73.1 Å². The third-order valence-electron chi connectivity index (χ3n) is 11.3. The maximum Gasteiger partial charge on any atom is 0.220 e. The van der Waals surface area contributed by atoms with E-state index in [-0.39, 0.29) is 0 Å². The van der Waals surface area contributed by atoms with Crippen molar-refractivity contribution in [3.05, 3.63) is 223 Å². The van der Waals surface area contributed by atoms with Gasteiger partial charge in [0.05, 0.1) is 22.8 Å². The first-order valence-electron chi connectivity index (χ1n) is 19.1. The van der Waals surface area contributed by atoms with E-state index in [1.807, 2.05) is 0 Å². The number of hydrogen-bond donors (Lipinski definition) is 2. The number of imidazole rings is 1. The highest BCUT2D eigenvalue weighted by atomic mass is 15.4. The highest BCUT2D eigenvalue weighted by Gasteiger charge is 2.46. The number of nitrogens with one attached hydrogen (secondary N) is 2. The molecule has 8 aromatic carbocycles. The van der Waals surface area contributed by atoms with Gasteiger partial charge in [-0.25, -0.2) is 4.98 Å². The molecular weight excluding hydrogens is 681 g/mol. The minimum Gasteiger partial charge on any atom is -0.339 e. The quantitative estimate of drug-likeness (QED) is 0.191. The molecular formula is C52H36N4. The topological polar surface area (TPSA) is 41.9 Å². The van der Waals surface area contributed by atoms with Crippen LogP contribution in [0.15, 0.2) is 206 Å². The zero-order chi connectivity index (χ0) is 37.1. The van der Waals surface area contributed by atoms with Crippen LogP contribution in [0.1, 0.15) is 16.7 Å². The molecule has 56 heavy (non-hydrogen) atoms. The van der Waals surface area contributed by atoms with E-state index in [2.05, 4.69) is 221 Å². The summed E-state index contributed by atoms with van der Waals surface area (Å²) in [6.45, 7) is 0. The molecule has 0 amide bonds. The van der Waals surface area contributed by atoms with E-state index in [1.165, 1.54) is 21.9 Å². The Labute approximate surface area is 326 Å². The average Bonchev–Trinajstić information content (AvgIpc) is 3.89. The zero-order valence-corrected chi connectivity index (χ0v) is 30.5. The second-order valence-corrected chi connectivity index (χ2v) is 14.5. The van der Waals surface area contributed by atoms with E-state index in [9.17, 15) is 0 Å². The summed E-state index contributed by atoms with van der Waals surface area (Å²) in [5, 5.41) is 10.8. The van der Waals surface area contributed by atoms with Crippen LogP contribution in [0.2, 0.25) is 0 Å². The number of nitrogens with zero attached hydrogens (tertiary/aromatic N) is 2. The Morgan fingerprint density at radius 3 is 1.34 bits per heavy atom. The Balaban J connectivity index is 1.28. The van der Waals surface area contributed by atoms with Crippen LogP contribution >= 0.6 is 0 Å². The molecule has 0 radical (unpaired) electrons. The Hall–Kier alpha value is -7.43. The summed E-state index contributed by atoms with van der Waals surface area (Å²) < 4.78 is 2.41. The normalized spacial score (nSPS) is 13.7. The average molecular weight is 717 g/mol. The monoisotopic (exact) mass is 716 g/mol. The van der Waals surface area contributed by atoms with E-state index in [4.69, 9.17) is 4.98 Å². The van der Waals surface area contributed by atoms with Crippen LogP contribution in [0.4, 0.5) is 0 Å². The lowest BCUT2D eigenvalue weighted by molar-refractivity contribution is 0.306. The molecule has 4 heteroatoms. The van der Waals surface area contributed by atoms with Crippen LogP contribution in [0, 0.1) is 0 Å². The summed E-state index contributed by atoms with van der Waals surface area (Å²) in [4.78, 5) is 5.66. The van der Waals surface area contributed by atoms with E-state index in [0.29, 0.717) is 0 Å². The standard InChI is InChI=1S/C52H36N4/c1-5-15-38(16-6-1)47-48(39-17-7-2-8-18-39)55-52(54-47)43-33-31-36(32-34-43)45-26-14-24-37-23-13-25-44(46(37)45)35-27-29-42(30-28-35)51-53-49(40-19-9-3-10-20-40)50(56(51)52)41-21-11-4-12-22-41/h1-34,54-55H. The molecule has 5 aliphatic rings. The molecule has 5 aliphatic heterocycles. The first-order valence-corrected chi connectivity index (χ1v) is 19.1. The fourth-order valence-corrected chi connectivity index (χ4v) is 8.66. The van der Waals surface area contributed by atoms with Gasteiger partial charge in [0.2, 0.25) is 5.79 Å². The largest absolute Gasteiger partial charge is 0.339 e. The SMILES string of the molecule is c1ccc(C2=C(c3ccccc3)NC3(N2)c2ccc(cc2)-c2cccc4cccc(c24)-c2ccc(cc2)-c2nc(-c4ccccc4)c(-c4ccccc4)n23)cc1. The number of benzene rings is 8. The molecule has 0 saturated carbocycles. The fourth-order valence-electron chi connectivity index (χ4n) is 8.66. The summed E-state index contributed by atoms with van der Waals surface area (Å²) >= 11 is 0. The summed E-state index contributed by atoms with van der Waals surface area (Å²) in [5.74, 6) is -0.182.